The van der Waals surface area contributed by atoms with Gasteiger partial charge in [-0.3, -0.25) is 0 Å². The zero-order chi connectivity index (χ0) is 4.83. The quantitative estimate of drug-likeness (QED) is 0.334. The zero-order valence-corrected chi connectivity index (χ0v) is 4.39. The van der Waals surface area contributed by atoms with E-state index in [0.717, 1.165) is 6.42 Å². The summed E-state index contributed by atoms with van der Waals surface area (Å²) >= 11 is 0. The Kier molecular flexibility index (Phi) is 12.4. The van der Waals surface area contributed by atoms with Crippen LogP contribution in [0.1, 0.15) is 13.3 Å². The highest BCUT2D eigenvalue weighted by Crippen LogP contribution is 1.76. The maximum absolute atomic E-state index is 9.09. The Bertz CT molecular complexity index is 39.9. The maximum atomic E-state index is 9.09. The van der Waals surface area contributed by atoms with Crippen LogP contribution in [0.25, 0.3) is 0 Å². The summed E-state index contributed by atoms with van der Waals surface area (Å²) in [5.41, 5.74) is 0. The maximum Gasteiger partial charge on any atom is 0.155 e. The van der Waals surface area contributed by atoms with Gasteiger partial charge < -0.3 is 11.0 Å². The van der Waals surface area contributed by atoms with Crippen LogP contribution in [-0.4, -0.2) is 6.61 Å². The van der Waals surface area contributed by atoms with E-state index in [9.17, 15) is 0 Å². The predicted octanol–water partition coefficient (Wildman–Crippen LogP) is 1.26. The molecule has 0 spiro atoms. The molecule has 0 aromatic rings. The lowest BCUT2D eigenvalue weighted by molar-refractivity contribution is 0.140. The van der Waals surface area contributed by atoms with Crippen LogP contribution >= 0.6 is 0 Å². The average molecular weight is 106 g/mol. The molecule has 0 aliphatic carbocycles. The smallest absolute Gasteiger partial charge is 0.155 e. The minimum absolute atomic E-state index is 0. The molecule has 4 heteroatoms. The fraction of sp³-hybridized carbons (Fsp3) is 1.00. The minimum Gasteiger partial charge on any atom is -0.364 e. The first-order valence-electron chi connectivity index (χ1n) is 1.86. The van der Waals surface area contributed by atoms with Gasteiger partial charge in [-0.05, 0) is 6.42 Å². The van der Waals surface area contributed by atoms with Gasteiger partial charge >= 0.3 is 0 Å². The lowest BCUT2D eigenvalue weighted by Gasteiger charge is -1.83. The Hall–Kier alpha value is -0.640. The van der Waals surface area contributed by atoms with Crippen LogP contribution < -0.4 is 6.15 Å². The van der Waals surface area contributed by atoms with Crippen molar-refractivity contribution in [1.29, 1.82) is 0 Å². The fourth-order valence-corrected chi connectivity index (χ4v) is 0.129. The second-order valence-corrected chi connectivity index (χ2v) is 0.908. The standard InChI is InChI=1S/C3H7NO2.H3N/c1-2-3-6-4-5;/h2-3H2,1H3;1H3. The van der Waals surface area contributed by atoms with Crippen molar-refractivity contribution in [1.82, 2.24) is 6.15 Å². The second-order valence-electron chi connectivity index (χ2n) is 0.908. The van der Waals surface area contributed by atoms with Crippen LogP contribution in [0.3, 0.4) is 0 Å². The fourth-order valence-electron chi connectivity index (χ4n) is 0.129. The van der Waals surface area contributed by atoms with Crippen molar-refractivity contribution in [2.45, 2.75) is 13.3 Å². The molecule has 0 amide bonds. The van der Waals surface area contributed by atoms with Crippen LogP contribution in [0.2, 0.25) is 0 Å². The molecule has 4 nitrogen and oxygen atoms in total. The molecule has 0 atom stereocenters. The molecule has 0 heterocycles. The van der Waals surface area contributed by atoms with E-state index in [-0.39, 0.29) is 6.15 Å². The van der Waals surface area contributed by atoms with Crippen molar-refractivity contribution < 1.29 is 4.84 Å². The summed E-state index contributed by atoms with van der Waals surface area (Å²) in [6.07, 6.45) is 0.839. The van der Waals surface area contributed by atoms with E-state index in [4.69, 9.17) is 4.91 Å². The van der Waals surface area contributed by atoms with Crippen LogP contribution in [0.5, 0.6) is 0 Å². The minimum atomic E-state index is 0. The molecular weight excluding hydrogens is 96.0 g/mol. The third-order valence-electron chi connectivity index (χ3n) is 0.348. The summed E-state index contributed by atoms with van der Waals surface area (Å²) in [6.45, 7) is 2.34. The van der Waals surface area contributed by atoms with Crippen molar-refractivity contribution in [3.8, 4) is 0 Å². The van der Waals surface area contributed by atoms with Gasteiger partial charge in [-0.2, -0.15) is 0 Å². The lowest BCUT2D eigenvalue weighted by Crippen LogP contribution is -1.79. The van der Waals surface area contributed by atoms with Crippen molar-refractivity contribution in [3.05, 3.63) is 4.91 Å². The average Bonchev–Trinajstić information content (AvgIpc) is 1.61. The second kappa shape index (κ2) is 9.03. The van der Waals surface area contributed by atoms with Gasteiger partial charge in [0.2, 0.25) is 0 Å². The number of hydrogen-bond donors (Lipinski definition) is 1. The van der Waals surface area contributed by atoms with Crippen LogP contribution in [0.15, 0.2) is 5.34 Å². The van der Waals surface area contributed by atoms with Crippen molar-refractivity contribution >= 4 is 0 Å². The highest BCUT2D eigenvalue weighted by Gasteiger charge is 1.73. The Morgan fingerprint density at radius 1 is 1.71 bits per heavy atom. The van der Waals surface area contributed by atoms with E-state index >= 15 is 0 Å². The number of hydrogen-bond acceptors (Lipinski definition) is 4. The monoisotopic (exact) mass is 106 g/mol. The molecule has 7 heavy (non-hydrogen) atoms. The Morgan fingerprint density at radius 3 is 2.43 bits per heavy atom. The molecule has 3 N–H and O–H groups in total. The van der Waals surface area contributed by atoms with E-state index in [2.05, 4.69) is 10.2 Å². The van der Waals surface area contributed by atoms with Crippen molar-refractivity contribution in [2.24, 2.45) is 5.34 Å². The first-order chi connectivity index (χ1) is 2.91. The van der Waals surface area contributed by atoms with E-state index < -0.39 is 0 Å². The van der Waals surface area contributed by atoms with Crippen molar-refractivity contribution in [2.75, 3.05) is 6.61 Å². The molecule has 0 saturated heterocycles. The number of nitrogens with zero attached hydrogens (tertiary/aromatic N) is 1. The molecule has 0 rings (SSSR count). The van der Waals surface area contributed by atoms with Gasteiger partial charge in [-0.15, -0.1) is 4.91 Å². The molecule has 0 aromatic carbocycles. The topological polar surface area (TPSA) is 73.7 Å². The van der Waals surface area contributed by atoms with Crippen LogP contribution in [0, 0.1) is 4.91 Å². The highest BCUT2D eigenvalue weighted by molar-refractivity contribution is 4.16. The Morgan fingerprint density at radius 2 is 2.29 bits per heavy atom. The molecule has 0 fully saturated rings. The van der Waals surface area contributed by atoms with Gasteiger partial charge in [0.25, 0.3) is 0 Å². The predicted molar refractivity (Wildman–Crippen MR) is 27.1 cm³/mol. The van der Waals surface area contributed by atoms with Crippen molar-refractivity contribution in [3.63, 3.8) is 0 Å². The third-order valence-corrected chi connectivity index (χ3v) is 0.348. The highest BCUT2D eigenvalue weighted by atomic mass is 16.7. The molecular formula is C3H10N2O2. The molecule has 0 unspecified atom stereocenters. The van der Waals surface area contributed by atoms with E-state index in [1.165, 1.54) is 0 Å². The Labute approximate surface area is 42.4 Å². The number of rotatable bonds is 3. The first-order valence-corrected chi connectivity index (χ1v) is 1.86. The molecule has 0 aliphatic rings. The van der Waals surface area contributed by atoms with Crippen LogP contribution in [-0.2, 0) is 4.84 Å². The summed E-state index contributed by atoms with van der Waals surface area (Å²) in [5, 5.41) is 2.18. The van der Waals surface area contributed by atoms with Gasteiger partial charge in [0, 0.05) is 0 Å². The third kappa shape index (κ3) is 10.9. The van der Waals surface area contributed by atoms with Gasteiger partial charge in [0.15, 0.2) is 5.34 Å². The Balaban J connectivity index is 0. The molecule has 0 radical (unpaired) electrons. The molecule has 0 bridgehead atoms. The summed E-state index contributed by atoms with van der Waals surface area (Å²) in [6, 6.07) is 0. The van der Waals surface area contributed by atoms with Gasteiger partial charge in [0.1, 0.15) is 6.61 Å². The molecule has 0 aromatic heterocycles. The summed E-state index contributed by atoms with van der Waals surface area (Å²) in [7, 11) is 0. The molecule has 0 saturated carbocycles. The summed E-state index contributed by atoms with van der Waals surface area (Å²) < 4.78 is 0. The van der Waals surface area contributed by atoms with E-state index in [1.807, 2.05) is 6.92 Å². The van der Waals surface area contributed by atoms with Gasteiger partial charge in [-0.25, -0.2) is 0 Å². The van der Waals surface area contributed by atoms with Gasteiger partial charge in [0.05, 0.1) is 0 Å². The van der Waals surface area contributed by atoms with Gasteiger partial charge in [-0.1, -0.05) is 6.92 Å². The SMILES string of the molecule is CCCON=O.N. The molecule has 0 aliphatic heterocycles. The normalized spacial score (nSPS) is 6.43. The molecule has 44 valence electrons. The summed E-state index contributed by atoms with van der Waals surface area (Å²) in [5.74, 6) is 0. The lowest BCUT2D eigenvalue weighted by atomic mass is 10.5. The van der Waals surface area contributed by atoms with E-state index in [1.54, 1.807) is 0 Å². The first kappa shape index (κ1) is 9.61. The zero-order valence-electron chi connectivity index (χ0n) is 4.39. The van der Waals surface area contributed by atoms with Crippen LogP contribution in [0.4, 0.5) is 0 Å². The largest absolute Gasteiger partial charge is 0.364 e. The van der Waals surface area contributed by atoms with E-state index in [0.29, 0.717) is 6.61 Å². The summed E-state index contributed by atoms with van der Waals surface area (Å²) in [4.78, 5) is 13.1.